The first-order valence-corrected chi connectivity index (χ1v) is 8.07. The molecule has 4 heteroatoms. The van der Waals surface area contributed by atoms with E-state index in [1.807, 2.05) is 6.20 Å². The summed E-state index contributed by atoms with van der Waals surface area (Å²) in [6, 6.07) is 12.1. The SMILES string of the molecule is CC1CN(C(C)c2nccs2)C(c2ccccc2)CN1. The molecule has 1 aromatic heterocycles. The Bertz CT molecular complexity index is 526. The summed E-state index contributed by atoms with van der Waals surface area (Å²) < 4.78 is 0. The summed E-state index contributed by atoms with van der Waals surface area (Å²) in [5, 5.41) is 6.87. The zero-order valence-corrected chi connectivity index (χ0v) is 12.8. The molecule has 106 valence electrons. The van der Waals surface area contributed by atoms with Crippen LogP contribution in [-0.2, 0) is 0 Å². The van der Waals surface area contributed by atoms with Gasteiger partial charge in [-0.25, -0.2) is 4.98 Å². The first-order chi connectivity index (χ1) is 9.75. The molecule has 0 amide bonds. The molecular formula is C16H21N3S. The number of hydrogen-bond acceptors (Lipinski definition) is 4. The average molecular weight is 287 g/mol. The van der Waals surface area contributed by atoms with Gasteiger partial charge in [0.25, 0.3) is 0 Å². The van der Waals surface area contributed by atoms with Crippen molar-refractivity contribution in [2.75, 3.05) is 13.1 Å². The summed E-state index contributed by atoms with van der Waals surface area (Å²) >= 11 is 1.75. The second kappa shape index (κ2) is 6.04. The van der Waals surface area contributed by atoms with Crippen molar-refractivity contribution in [3.8, 4) is 0 Å². The molecule has 1 aliphatic rings. The number of benzene rings is 1. The van der Waals surface area contributed by atoms with E-state index in [9.17, 15) is 0 Å². The predicted molar refractivity (Wildman–Crippen MR) is 83.9 cm³/mol. The van der Waals surface area contributed by atoms with E-state index < -0.39 is 0 Å². The van der Waals surface area contributed by atoms with Crippen molar-refractivity contribution in [1.29, 1.82) is 0 Å². The van der Waals surface area contributed by atoms with Gasteiger partial charge in [-0.05, 0) is 19.4 Å². The van der Waals surface area contributed by atoms with Gasteiger partial charge in [-0.2, -0.15) is 0 Å². The van der Waals surface area contributed by atoms with Gasteiger partial charge < -0.3 is 5.32 Å². The van der Waals surface area contributed by atoms with E-state index in [-0.39, 0.29) is 0 Å². The van der Waals surface area contributed by atoms with Gasteiger partial charge in [-0.1, -0.05) is 30.3 Å². The van der Waals surface area contributed by atoms with E-state index in [1.165, 1.54) is 10.6 Å². The largest absolute Gasteiger partial charge is 0.311 e. The monoisotopic (exact) mass is 287 g/mol. The number of hydrogen-bond donors (Lipinski definition) is 1. The fourth-order valence-corrected chi connectivity index (χ4v) is 3.65. The molecule has 0 radical (unpaired) electrons. The van der Waals surface area contributed by atoms with Crippen LogP contribution in [0.25, 0.3) is 0 Å². The summed E-state index contributed by atoms with van der Waals surface area (Å²) in [6.07, 6.45) is 1.90. The minimum Gasteiger partial charge on any atom is -0.311 e. The van der Waals surface area contributed by atoms with Crippen molar-refractivity contribution >= 4 is 11.3 Å². The number of rotatable bonds is 3. The van der Waals surface area contributed by atoms with Crippen molar-refractivity contribution in [3.05, 3.63) is 52.5 Å². The summed E-state index contributed by atoms with van der Waals surface area (Å²) in [5.74, 6) is 0. The highest BCUT2D eigenvalue weighted by atomic mass is 32.1. The van der Waals surface area contributed by atoms with Crippen LogP contribution in [0.1, 0.15) is 36.5 Å². The molecule has 0 spiro atoms. The Morgan fingerprint density at radius 3 is 2.85 bits per heavy atom. The number of piperazine rings is 1. The number of thiazole rings is 1. The van der Waals surface area contributed by atoms with Crippen LogP contribution in [-0.4, -0.2) is 29.0 Å². The third-order valence-electron chi connectivity index (χ3n) is 4.04. The van der Waals surface area contributed by atoms with Crippen LogP contribution in [0.3, 0.4) is 0 Å². The molecule has 1 aromatic carbocycles. The molecule has 1 aliphatic heterocycles. The lowest BCUT2D eigenvalue weighted by Crippen LogP contribution is -2.51. The van der Waals surface area contributed by atoms with E-state index in [1.54, 1.807) is 11.3 Å². The summed E-state index contributed by atoms with van der Waals surface area (Å²) in [5.41, 5.74) is 1.38. The lowest BCUT2D eigenvalue weighted by atomic mass is 9.99. The highest BCUT2D eigenvalue weighted by Crippen LogP contribution is 2.33. The van der Waals surface area contributed by atoms with Crippen LogP contribution in [0.4, 0.5) is 0 Å². The molecule has 3 nitrogen and oxygen atoms in total. The lowest BCUT2D eigenvalue weighted by molar-refractivity contribution is 0.0927. The van der Waals surface area contributed by atoms with E-state index in [2.05, 4.69) is 64.8 Å². The Morgan fingerprint density at radius 1 is 1.35 bits per heavy atom. The molecule has 0 saturated carbocycles. The average Bonchev–Trinajstić information content (AvgIpc) is 3.01. The molecule has 3 rings (SSSR count). The standard InChI is InChI=1S/C16H21N3S/c1-12-11-19(13(2)16-17-8-9-20-16)15(10-18-12)14-6-4-3-5-7-14/h3-9,12-13,15,18H,10-11H2,1-2H3. The maximum absolute atomic E-state index is 4.50. The molecule has 2 heterocycles. The Balaban J connectivity index is 1.87. The molecule has 1 saturated heterocycles. The quantitative estimate of drug-likeness (QED) is 0.939. The summed E-state index contributed by atoms with van der Waals surface area (Å²) in [4.78, 5) is 7.08. The second-order valence-electron chi connectivity index (χ2n) is 5.48. The van der Waals surface area contributed by atoms with Gasteiger partial charge in [-0.15, -0.1) is 11.3 Å². The van der Waals surface area contributed by atoms with Crippen LogP contribution in [0.2, 0.25) is 0 Å². The first-order valence-electron chi connectivity index (χ1n) is 7.19. The second-order valence-corrected chi connectivity index (χ2v) is 6.41. The number of nitrogens with one attached hydrogen (secondary N) is 1. The van der Waals surface area contributed by atoms with Gasteiger partial charge in [0, 0.05) is 36.8 Å². The molecule has 0 aliphatic carbocycles. The highest BCUT2D eigenvalue weighted by Gasteiger charge is 2.31. The molecule has 3 atom stereocenters. The minimum absolute atomic E-state index is 0.366. The van der Waals surface area contributed by atoms with Gasteiger partial charge in [0.1, 0.15) is 5.01 Å². The third-order valence-corrected chi connectivity index (χ3v) is 4.98. The minimum atomic E-state index is 0.366. The fraction of sp³-hybridized carbons (Fsp3) is 0.438. The number of nitrogens with zero attached hydrogens (tertiary/aromatic N) is 2. The van der Waals surface area contributed by atoms with E-state index >= 15 is 0 Å². The zero-order valence-electron chi connectivity index (χ0n) is 12.0. The summed E-state index contributed by atoms with van der Waals surface area (Å²) in [7, 11) is 0. The van der Waals surface area contributed by atoms with Crippen LogP contribution in [0.15, 0.2) is 41.9 Å². The topological polar surface area (TPSA) is 28.2 Å². The molecule has 0 bridgehead atoms. The van der Waals surface area contributed by atoms with Gasteiger partial charge in [-0.3, -0.25) is 4.90 Å². The highest BCUT2D eigenvalue weighted by molar-refractivity contribution is 7.09. The van der Waals surface area contributed by atoms with Crippen LogP contribution in [0.5, 0.6) is 0 Å². The van der Waals surface area contributed by atoms with E-state index in [0.717, 1.165) is 13.1 Å². The van der Waals surface area contributed by atoms with E-state index in [4.69, 9.17) is 0 Å². The van der Waals surface area contributed by atoms with Crippen molar-refractivity contribution in [1.82, 2.24) is 15.2 Å². The molecule has 1 fully saturated rings. The smallest absolute Gasteiger partial charge is 0.109 e. The Morgan fingerprint density at radius 2 is 2.15 bits per heavy atom. The Hall–Kier alpha value is -1.23. The van der Waals surface area contributed by atoms with Gasteiger partial charge in [0.05, 0.1) is 6.04 Å². The Labute approximate surface area is 124 Å². The fourth-order valence-electron chi connectivity index (χ4n) is 2.93. The maximum Gasteiger partial charge on any atom is 0.109 e. The van der Waals surface area contributed by atoms with Gasteiger partial charge in [0.2, 0.25) is 0 Å². The molecular weight excluding hydrogens is 266 g/mol. The molecule has 3 unspecified atom stereocenters. The van der Waals surface area contributed by atoms with Crippen LogP contribution in [0, 0.1) is 0 Å². The molecule has 1 N–H and O–H groups in total. The van der Waals surface area contributed by atoms with Crippen LogP contribution >= 0.6 is 11.3 Å². The zero-order chi connectivity index (χ0) is 13.9. The van der Waals surface area contributed by atoms with Crippen LogP contribution < -0.4 is 5.32 Å². The Kier molecular flexibility index (Phi) is 4.15. The number of aromatic nitrogens is 1. The van der Waals surface area contributed by atoms with Crippen molar-refractivity contribution in [3.63, 3.8) is 0 Å². The van der Waals surface area contributed by atoms with Crippen molar-refractivity contribution in [2.45, 2.75) is 32.0 Å². The van der Waals surface area contributed by atoms with Gasteiger partial charge in [0.15, 0.2) is 0 Å². The predicted octanol–water partition coefficient (Wildman–Crippen LogP) is 3.24. The van der Waals surface area contributed by atoms with Crippen molar-refractivity contribution in [2.24, 2.45) is 0 Å². The normalized spacial score (nSPS) is 25.5. The maximum atomic E-state index is 4.50. The van der Waals surface area contributed by atoms with E-state index in [0.29, 0.717) is 18.1 Å². The lowest BCUT2D eigenvalue weighted by Gasteiger charge is -2.42. The first kappa shape index (κ1) is 13.7. The van der Waals surface area contributed by atoms with Crippen molar-refractivity contribution < 1.29 is 0 Å². The summed E-state index contributed by atoms with van der Waals surface area (Å²) in [6.45, 7) is 6.58. The molecule has 2 aromatic rings. The van der Waals surface area contributed by atoms with Gasteiger partial charge >= 0.3 is 0 Å². The molecule has 20 heavy (non-hydrogen) atoms. The third kappa shape index (κ3) is 2.77.